The molecule has 0 bridgehead atoms. The zero-order chi connectivity index (χ0) is 12.8. The number of hydrogen-bond donors (Lipinski definition) is 1. The van der Waals surface area contributed by atoms with Crippen LogP contribution in [0.15, 0.2) is 22.7 Å². The maximum atomic E-state index is 12.0. The lowest BCUT2D eigenvalue weighted by Gasteiger charge is -2.17. The van der Waals surface area contributed by atoms with Crippen LogP contribution in [0, 0.1) is 0 Å². The molecule has 17 heavy (non-hydrogen) atoms. The van der Waals surface area contributed by atoms with Gasteiger partial charge in [-0.25, -0.2) is 0 Å². The quantitative estimate of drug-likeness (QED) is 0.849. The van der Waals surface area contributed by atoms with Crippen LogP contribution in [0.1, 0.15) is 16.8 Å². The summed E-state index contributed by atoms with van der Waals surface area (Å²) in [5.41, 5.74) is 0.511. The van der Waals surface area contributed by atoms with Crippen molar-refractivity contribution < 1.29 is 9.90 Å². The molecule has 0 aromatic heterocycles. The Morgan fingerprint density at radius 1 is 1.53 bits per heavy atom. The molecule has 0 radical (unpaired) electrons. The number of carbonyl (C=O) groups is 1. The zero-order valence-corrected chi connectivity index (χ0v) is 12.3. The fourth-order valence-electron chi connectivity index (χ4n) is 1.41. The molecule has 3 nitrogen and oxygen atoms in total. The molecule has 1 aromatic rings. The van der Waals surface area contributed by atoms with Gasteiger partial charge in [0.15, 0.2) is 0 Å². The van der Waals surface area contributed by atoms with Gasteiger partial charge in [-0.05, 0) is 52.6 Å². The number of benzene rings is 1. The highest BCUT2D eigenvalue weighted by Crippen LogP contribution is 2.24. The van der Waals surface area contributed by atoms with Crippen molar-refractivity contribution in [3.8, 4) is 5.75 Å². The lowest BCUT2D eigenvalue weighted by molar-refractivity contribution is 0.0795. The number of halogens is 1. The van der Waals surface area contributed by atoms with E-state index in [0.29, 0.717) is 10.0 Å². The van der Waals surface area contributed by atoms with Crippen LogP contribution in [-0.4, -0.2) is 41.5 Å². The Morgan fingerprint density at radius 2 is 2.24 bits per heavy atom. The van der Waals surface area contributed by atoms with Crippen molar-refractivity contribution in [3.63, 3.8) is 0 Å². The summed E-state index contributed by atoms with van der Waals surface area (Å²) < 4.78 is 0.596. The van der Waals surface area contributed by atoms with Gasteiger partial charge in [-0.3, -0.25) is 4.79 Å². The van der Waals surface area contributed by atoms with Gasteiger partial charge in [-0.2, -0.15) is 11.8 Å². The molecule has 0 aliphatic heterocycles. The number of thioether (sulfide) groups is 1. The first kappa shape index (κ1) is 14.4. The predicted octanol–water partition coefficient (Wildman–Crippen LogP) is 2.98. The Kier molecular flexibility index (Phi) is 5.85. The molecule has 0 heterocycles. The van der Waals surface area contributed by atoms with Gasteiger partial charge in [-0.15, -0.1) is 0 Å². The first-order valence-electron chi connectivity index (χ1n) is 5.29. The van der Waals surface area contributed by atoms with Crippen LogP contribution < -0.4 is 0 Å². The molecule has 0 saturated heterocycles. The van der Waals surface area contributed by atoms with Gasteiger partial charge in [0.2, 0.25) is 0 Å². The predicted molar refractivity (Wildman–Crippen MR) is 75.8 cm³/mol. The minimum atomic E-state index is -0.0612. The van der Waals surface area contributed by atoms with Crippen molar-refractivity contribution in [3.05, 3.63) is 28.2 Å². The number of rotatable bonds is 5. The molecule has 1 amide bonds. The van der Waals surface area contributed by atoms with Crippen LogP contribution in [-0.2, 0) is 0 Å². The summed E-state index contributed by atoms with van der Waals surface area (Å²) in [4.78, 5) is 13.7. The Bertz CT molecular complexity index is 398. The van der Waals surface area contributed by atoms with Crippen LogP contribution in [0.2, 0.25) is 0 Å². The number of aromatic hydroxyl groups is 1. The number of nitrogens with zero attached hydrogens (tertiary/aromatic N) is 1. The first-order chi connectivity index (χ1) is 8.06. The van der Waals surface area contributed by atoms with Crippen LogP contribution in [0.5, 0.6) is 5.75 Å². The van der Waals surface area contributed by atoms with Gasteiger partial charge in [0.25, 0.3) is 5.91 Å². The highest BCUT2D eigenvalue weighted by atomic mass is 79.9. The zero-order valence-electron chi connectivity index (χ0n) is 9.94. The summed E-state index contributed by atoms with van der Waals surface area (Å²) in [5, 5.41) is 9.52. The third kappa shape index (κ3) is 4.24. The Balaban J connectivity index is 2.65. The molecule has 5 heteroatoms. The molecule has 0 saturated carbocycles. The number of phenolic OH excluding ortho intramolecular Hbond substituents is 1. The molecule has 1 rings (SSSR count). The maximum Gasteiger partial charge on any atom is 0.253 e. The average molecular weight is 318 g/mol. The molecule has 94 valence electrons. The summed E-state index contributed by atoms with van der Waals surface area (Å²) in [6.07, 6.45) is 3.03. The SMILES string of the molecule is CSCCCN(C)C(=O)c1ccc(Br)c(O)c1. The van der Waals surface area contributed by atoms with E-state index in [-0.39, 0.29) is 11.7 Å². The second kappa shape index (κ2) is 6.91. The summed E-state index contributed by atoms with van der Waals surface area (Å²) in [7, 11) is 1.78. The molecule has 0 spiro atoms. The maximum absolute atomic E-state index is 12.0. The molecule has 0 atom stereocenters. The Morgan fingerprint density at radius 3 is 2.82 bits per heavy atom. The van der Waals surface area contributed by atoms with E-state index in [0.717, 1.165) is 18.7 Å². The van der Waals surface area contributed by atoms with E-state index in [4.69, 9.17) is 0 Å². The van der Waals surface area contributed by atoms with E-state index in [1.54, 1.807) is 35.8 Å². The van der Waals surface area contributed by atoms with Crippen molar-refractivity contribution in [2.45, 2.75) is 6.42 Å². The highest BCUT2D eigenvalue weighted by molar-refractivity contribution is 9.10. The largest absolute Gasteiger partial charge is 0.507 e. The van der Waals surface area contributed by atoms with E-state index in [1.165, 1.54) is 6.07 Å². The minimum Gasteiger partial charge on any atom is -0.507 e. The fourth-order valence-corrected chi connectivity index (χ4v) is 2.08. The molecule has 0 unspecified atom stereocenters. The van der Waals surface area contributed by atoms with Gasteiger partial charge in [0.05, 0.1) is 4.47 Å². The topological polar surface area (TPSA) is 40.5 Å². The van der Waals surface area contributed by atoms with Gasteiger partial charge in [0.1, 0.15) is 5.75 Å². The van der Waals surface area contributed by atoms with Crippen molar-refractivity contribution in [1.82, 2.24) is 4.90 Å². The van der Waals surface area contributed by atoms with Gasteiger partial charge < -0.3 is 10.0 Å². The smallest absolute Gasteiger partial charge is 0.253 e. The third-order valence-corrected chi connectivity index (χ3v) is 3.75. The minimum absolute atomic E-state index is 0.0612. The second-order valence-corrected chi connectivity index (χ2v) is 5.58. The van der Waals surface area contributed by atoms with Crippen molar-refractivity contribution in [1.29, 1.82) is 0 Å². The van der Waals surface area contributed by atoms with Crippen LogP contribution in [0.3, 0.4) is 0 Å². The average Bonchev–Trinajstić information content (AvgIpc) is 2.32. The molecule has 1 N–H and O–H groups in total. The lowest BCUT2D eigenvalue weighted by atomic mass is 10.2. The number of hydrogen-bond acceptors (Lipinski definition) is 3. The number of phenols is 1. The molecular formula is C12H16BrNO2S. The number of amides is 1. The molecular weight excluding hydrogens is 302 g/mol. The van der Waals surface area contributed by atoms with E-state index in [9.17, 15) is 9.90 Å². The molecule has 0 aliphatic carbocycles. The monoisotopic (exact) mass is 317 g/mol. The van der Waals surface area contributed by atoms with Crippen LogP contribution in [0.4, 0.5) is 0 Å². The van der Waals surface area contributed by atoms with E-state index in [1.807, 2.05) is 0 Å². The van der Waals surface area contributed by atoms with E-state index < -0.39 is 0 Å². The summed E-state index contributed by atoms with van der Waals surface area (Å²) in [6, 6.07) is 4.87. The van der Waals surface area contributed by atoms with E-state index in [2.05, 4.69) is 22.2 Å². The second-order valence-electron chi connectivity index (χ2n) is 3.74. The Labute approximate surface area is 114 Å². The molecule has 1 aromatic carbocycles. The summed E-state index contributed by atoms with van der Waals surface area (Å²) >= 11 is 4.96. The van der Waals surface area contributed by atoms with Crippen molar-refractivity contribution >= 4 is 33.6 Å². The van der Waals surface area contributed by atoms with Gasteiger partial charge >= 0.3 is 0 Å². The van der Waals surface area contributed by atoms with Gasteiger partial charge in [-0.1, -0.05) is 0 Å². The molecule has 0 fully saturated rings. The standard InChI is InChI=1S/C12H16BrNO2S/c1-14(6-3-7-17-2)12(16)9-4-5-10(13)11(15)8-9/h4-5,8,15H,3,6-7H2,1-2H3. The molecule has 0 aliphatic rings. The van der Waals surface area contributed by atoms with Crippen molar-refractivity contribution in [2.75, 3.05) is 25.6 Å². The highest BCUT2D eigenvalue weighted by Gasteiger charge is 2.12. The number of carbonyl (C=O) groups excluding carboxylic acids is 1. The third-order valence-electron chi connectivity index (χ3n) is 2.38. The van der Waals surface area contributed by atoms with Gasteiger partial charge in [0, 0.05) is 19.2 Å². The Hall–Kier alpha value is -0.680. The summed E-state index contributed by atoms with van der Waals surface area (Å²) in [5.74, 6) is 1.07. The van der Waals surface area contributed by atoms with E-state index >= 15 is 0 Å². The van der Waals surface area contributed by atoms with Crippen molar-refractivity contribution in [2.24, 2.45) is 0 Å². The first-order valence-corrected chi connectivity index (χ1v) is 7.48. The van der Waals surface area contributed by atoms with Crippen LogP contribution >= 0.6 is 27.7 Å². The van der Waals surface area contributed by atoms with Crippen LogP contribution in [0.25, 0.3) is 0 Å². The lowest BCUT2D eigenvalue weighted by Crippen LogP contribution is -2.28. The normalized spacial score (nSPS) is 10.3. The summed E-state index contributed by atoms with van der Waals surface area (Å²) in [6.45, 7) is 0.733. The fraction of sp³-hybridized carbons (Fsp3) is 0.417.